The van der Waals surface area contributed by atoms with E-state index in [2.05, 4.69) is 10.6 Å². The predicted octanol–water partition coefficient (Wildman–Crippen LogP) is -0.140. The van der Waals surface area contributed by atoms with Crippen molar-refractivity contribution in [2.75, 3.05) is 26.2 Å². The second-order valence-corrected chi connectivity index (χ2v) is 5.17. The zero-order valence-corrected chi connectivity index (χ0v) is 11.7. The monoisotopic (exact) mass is 283 g/mol. The molecule has 2 rings (SSSR count). The molecule has 2 unspecified atom stereocenters. The van der Waals surface area contributed by atoms with E-state index in [1.165, 1.54) is 0 Å². The summed E-state index contributed by atoms with van der Waals surface area (Å²) in [7, 11) is 0. The van der Waals surface area contributed by atoms with Gasteiger partial charge in [0.1, 0.15) is 6.54 Å². The Kier molecular flexibility index (Phi) is 4.81. The van der Waals surface area contributed by atoms with Crippen LogP contribution in [0.15, 0.2) is 0 Å². The molecule has 2 saturated heterocycles. The van der Waals surface area contributed by atoms with Crippen LogP contribution in [0.3, 0.4) is 0 Å². The van der Waals surface area contributed by atoms with Gasteiger partial charge in [0.2, 0.25) is 5.91 Å². The van der Waals surface area contributed by atoms with Crippen molar-refractivity contribution in [1.82, 2.24) is 15.5 Å². The highest BCUT2D eigenvalue weighted by molar-refractivity contribution is 5.81. The molecule has 112 valence electrons. The van der Waals surface area contributed by atoms with Crippen molar-refractivity contribution in [3.8, 4) is 0 Å². The Morgan fingerprint density at radius 2 is 2.25 bits per heavy atom. The topological polar surface area (TPSA) is 87.7 Å². The third kappa shape index (κ3) is 3.61. The number of piperidine rings is 2. The Morgan fingerprint density at radius 3 is 3.00 bits per heavy atom. The normalized spacial score (nSPS) is 25.4. The molecule has 2 aliphatic rings. The van der Waals surface area contributed by atoms with E-state index in [-0.39, 0.29) is 24.5 Å². The number of ether oxygens (including phenoxy) is 1. The van der Waals surface area contributed by atoms with Crippen LogP contribution in [-0.2, 0) is 14.3 Å². The highest BCUT2D eigenvalue weighted by atomic mass is 16.5. The van der Waals surface area contributed by atoms with Gasteiger partial charge < -0.3 is 20.3 Å². The molecule has 0 saturated carbocycles. The zero-order valence-electron chi connectivity index (χ0n) is 11.7. The fraction of sp³-hybridized carbons (Fsp3) is 0.769. The van der Waals surface area contributed by atoms with Crippen molar-refractivity contribution < 1.29 is 19.1 Å². The van der Waals surface area contributed by atoms with Crippen molar-refractivity contribution in [3.63, 3.8) is 0 Å². The third-order valence-corrected chi connectivity index (χ3v) is 3.80. The Hall–Kier alpha value is -1.79. The number of nitrogens with one attached hydrogen (secondary N) is 2. The third-order valence-electron chi connectivity index (χ3n) is 3.80. The molecule has 7 heteroatoms. The average Bonchev–Trinajstić information content (AvgIpc) is 2.44. The summed E-state index contributed by atoms with van der Waals surface area (Å²) >= 11 is 0. The van der Waals surface area contributed by atoms with Gasteiger partial charge in [0.25, 0.3) is 0 Å². The van der Waals surface area contributed by atoms with Gasteiger partial charge in [0.15, 0.2) is 0 Å². The van der Waals surface area contributed by atoms with Gasteiger partial charge >= 0.3 is 12.0 Å². The second kappa shape index (κ2) is 6.58. The number of fused-ring (bicyclic) bond motifs is 1. The molecule has 0 spiro atoms. The highest BCUT2D eigenvalue weighted by Gasteiger charge is 2.35. The van der Waals surface area contributed by atoms with Crippen molar-refractivity contribution in [3.05, 3.63) is 0 Å². The first kappa shape index (κ1) is 14.6. The highest BCUT2D eigenvalue weighted by Crippen LogP contribution is 2.25. The Balaban J connectivity index is 1.78. The van der Waals surface area contributed by atoms with E-state index in [0.29, 0.717) is 32.0 Å². The number of hydrogen-bond donors (Lipinski definition) is 2. The SMILES string of the molecule is CCOC(=O)CNC(=O)N1CCC2NC(=O)CCC2C1. The quantitative estimate of drug-likeness (QED) is 0.706. The summed E-state index contributed by atoms with van der Waals surface area (Å²) in [5.74, 6) is -0.0121. The first-order valence-corrected chi connectivity index (χ1v) is 7.08. The molecule has 2 fully saturated rings. The zero-order chi connectivity index (χ0) is 14.5. The van der Waals surface area contributed by atoms with E-state index in [1.54, 1.807) is 11.8 Å². The van der Waals surface area contributed by atoms with Gasteiger partial charge in [0, 0.05) is 25.6 Å². The van der Waals surface area contributed by atoms with Crippen LogP contribution in [0.2, 0.25) is 0 Å². The molecule has 0 aromatic rings. The van der Waals surface area contributed by atoms with E-state index < -0.39 is 5.97 Å². The van der Waals surface area contributed by atoms with Crippen LogP contribution < -0.4 is 10.6 Å². The van der Waals surface area contributed by atoms with Gasteiger partial charge in [-0.2, -0.15) is 0 Å². The number of carbonyl (C=O) groups is 3. The Morgan fingerprint density at radius 1 is 1.45 bits per heavy atom. The molecule has 0 bridgehead atoms. The minimum Gasteiger partial charge on any atom is -0.465 e. The maximum absolute atomic E-state index is 12.0. The largest absolute Gasteiger partial charge is 0.465 e. The standard InChI is InChI=1S/C13H21N3O4/c1-2-20-12(18)7-14-13(19)16-6-5-10-9(8-16)3-4-11(17)15-10/h9-10H,2-8H2,1H3,(H,14,19)(H,15,17). The predicted molar refractivity (Wildman–Crippen MR) is 70.9 cm³/mol. The van der Waals surface area contributed by atoms with Crippen LogP contribution in [0.5, 0.6) is 0 Å². The molecule has 0 aromatic heterocycles. The number of urea groups is 1. The van der Waals surface area contributed by atoms with Gasteiger partial charge in [-0.1, -0.05) is 0 Å². The number of rotatable bonds is 3. The minimum atomic E-state index is -0.430. The summed E-state index contributed by atoms with van der Waals surface area (Å²) in [6.45, 7) is 3.15. The number of nitrogens with zero attached hydrogens (tertiary/aromatic N) is 1. The maximum Gasteiger partial charge on any atom is 0.325 e. The lowest BCUT2D eigenvalue weighted by Gasteiger charge is -2.41. The molecule has 2 heterocycles. The first-order chi connectivity index (χ1) is 9.60. The van der Waals surface area contributed by atoms with Gasteiger partial charge in [-0.15, -0.1) is 0 Å². The Labute approximate surface area is 118 Å². The molecule has 0 radical (unpaired) electrons. The van der Waals surface area contributed by atoms with Gasteiger partial charge in [0.05, 0.1) is 6.61 Å². The van der Waals surface area contributed by atoms with Crippen molar-refractivity contribution in [2.24, 2.45) is 5.92 Å². The van der Waals surface area contributed by atoms with Gasteiger partial charge in [-0.05, 0) is 25.7 Å². The van der Waals surface area contributed by atoms with Crippen LogP contribution in [0, 0.1) is 5.92 Å². The molecule has 3 amide bonds. The molecule has 20 heavy (non-hydrogen) atoms. The van der Waals surface area contributed by atoms with Crippen molar-refractivity contribution >= 4 is 17.9 Å². The van der Waals surface area contributed by atoms with E-state index in [1.807, 2.05) is 0 Å². The summed E-state index contributed by atoms with van der Waals surface area (Å²) in [5.41, 5.74) is 0. The van der Waals surface area contributed by atoms with Crippen LogP contribution in [-0.4, -0.2) is 55.1 Å². The Bertz CT molecular complexity index is 399. The molecular weight excluding hydrogens is 262 g/mol. The van der Waals surface area contributed by atoms with Crippen molar-refractivity contribution in [2.45, 2.75) is 32.2 Å². The summed E-state index contributed by atoms with van der Waals surface area (Å²) in [6.07, 6.45) is 2.11. The molecule has 2 atom stereocenters. The number of likely N-dealkylation sites (tertiary alicyclic amines) is 1. The minimum absolute atomic E-state index is 0.103. The number of carbonyl (C=O) groups excluding carboxylic acids is 3. The van der Waals surface area contributed by atoms with Crippen LogP contribution in [0.1, 0.15) is 26.2 Å². The van der Waals surface area contributed by atoms with Gasteiger partial charge in [-0.3, -0.25) is 9.59 Å². The lowest BCUT2D eigenvalue weighted by Crippen LogP contribution is -2.56. The summed E-state index contributed by atoms with van der Waals surface area (Å²) in [5, 5.41) is 5.54. The second-order valence-electron chi connectivity index (χ2n) is 5.17. The lowest BCUT2D eigenvalue weighted by atomic mass is 9.85. The molecule has 0 aliphatic carbocycles. The van der Waals surface area contributed by atoms with Crippen LogP contribution in [0.25, 0.3) is 0 Å². The molecule has 2 N–H and O–H groups in total. The molecule has 0 aromatic carbocycles. The molecule has 7 nitrogen and oxygen atoms in total. The lowest BCUT2D eigenvalue weighted by molar-refractivity contribution is -0.141. The van der Waals surface area contributed by atoms with E-state index in [0.717, 1.165) is 12.8 Å². The van der Waals surface area contributed by atoms with Gasteiger partial charge in [-0.25, -0.2) is 4.79 Å². The molecule has 2 aliphatic heterocycles. The van der Waals surface area contributed by atoms with Crippen molar-refractivity contribution in [1.29, 1.82) is 0 Å². The fourth-order valence-electron chi connectivity index (χ4n) is 2.77. The van der Waals surface area contributed by atoms with E-state index in [4.69, 9.17) is 4.74 Å². The number of esters is 1. The van der Waals surface area contributed by atoms with Crippen LogP contribution in [0.4, 0.5) is 4.79 Å². The van der Waals surface area contributed by atoms with E-state index in [9.17, 15) is 14.4 Å². The maximum atomic E-state index is 12.0. The first-order valence-electron chi connectivity index (χ1n) is 7.08. The smallest absolute Gasteiger partial charge is 0.325 e. The molecular formula is C13H21N3O4. The summed E-state index contributed by atoms with van der Waals surface area (Å²) < 4.78 is 4.76. The number of amides is 3. The average molecular weight is 283 g/mol. The number of hydrogen-bond acceptors (Lipinski definition) is 4. The van der Waals surface area contributed by atoms with E-state index >= 15 is 0 Å². The summed E-state index contributed by atoms with van der Waals surface area (Å²) in [4.78, 5) is 36.2. The fourth-order valence-corrected chi connectivity index (χ4v) is 2.77. The summed E-state index contributed by atoms with van der Waals surface area (Å²) in [6, 6.07) is -0.0567. The van der Waals surface area contributed by atoms with Crippen LogP contribution >= 0.6 is 0 Å².